The number of H-pyrrole nitrogens is 1. The fourth-order valence-corrected chi connectivity index (χ4v) is 5.17. The normalized spacial score (nSPS) is 12.3. The monoisotopic (exact) mass is 529 g/mol. The van der Waals surface area contributed by atoms with Gasteiger partial charge in [-0.3, -0.25) is 9.36 Å². The van der Waals surface area contributed by atoms with Gasteiger partial charge in [-0.15, -0.1) is 0 Å². The summed E-state index contributed by atoms with van der Waals surface area (Å²) < 4.78 is 29.2. The zero-order valence-corrected chi connectivity index (χ0v) is 23.3. The van der Waals surface area contributed by atoms with Gasteiger partial charge in [-0.05, 0) is 48.0 Å². The van der Waals surface area contributed by atoms with E-state index in [0.29, 0.717) is 40.6 Å². The minimum atomic E-state index is -2.27. The van der Waals surface area contributed by atoms with E-state index in [-0.39, 0.29) is 22.8 Å². The molecule has 2 aliphatic rings. The molecule has 3 aromatic rings. The lowest BCUT2D eigenvalue weighted by Gasteiger charge is -2.36. The molecule has 5 rings (SSSR count). The summed E-state index contributed by atoms with van der Waals surface area (Å²) >= 11 is 0. The number of furan rings is 1. The Bertz CT molecular complexity index is 1580. The van der Waals surface area contributed by atoms with E-state index in [1.165, 1.54) is 4.57 Å². The minimum Gasteiger partial charge on any atom is -0.542 e. The third-order valence-electron chi connectivity index (χ3n) is 7.32. The molecule has 0 spiro atoms. The lowest BCUT2D eigenvalue weighted by atomic mass is 10.1. The SMILES string of the molecule is CC(C)(C)[Si](C)(C)Oc1cccc(-c2cn3c(=O)c(Cc4ccco4)nc-3c(Cc3ccccc3)[nH]2)c1F. The van der Waals surface area contributed by atoms with Crippen molar-refractivity contribution in [3.05, 3.63) is 112 Å². The van der Waals surface area contributed by atoms with Gasteiger partial charge in [0.1, 0.15) is 17.2 Å². The number of rotatable bonds is 7. The molecule has 0 fully saturated rings. The van der Waals surface area contributed by atoms with E-state index in [2.05, 4.69) is 43.8 Å². The van der Waals surface area contributed by atoms with Gasteiger partial charge in [-0.1, -0.05) is 57.2 Å². The molecule has 2 aromatic carbocycles. The Balaban J connectivity index is 1.64. The zero-order valence-electron chi connectivity index (χ0n) is 22.3. The summed E-state index contributed by atoms with van der Waals surface area (Å²) in [6.07, 6.45) is 3.97. The highest BCUT2D eigenvalue weighted by molar-refractivity contribution is 6.74. The molecule has 3 heterocycles. The number of nitrogens with zero attached hydrogens (tertiary/aromatic N) is 2. The number of nitrogens with one attached hydrogen (secondary N) is 1. The predicted molar refractivity (Wildman–Crippen MR) is 149 cm³/mol. The third kappa shape index (κ3) is 4.96. The van der Waals surface area contributed by atoms with Crippen molar-refractivity contribution >= 4 is 8.32 Å². The summed E-state index contributed by atoms with van der Waals surface area (Å²) in [5.41, 5.74) is 2.68. The van der Waals surface area contributed by atoms with Crippen LogP contribution < -0.4 is 9.99 Å². The zero-order chi connectivity index (χ0) is 27.1. The second-order valence-electron chi connectivity index (χ2n) is 11.1. The Morgan fingerprint density at radius 2 is 1.79 bits per heavy atom. The molecular formula is C30H32FN3O3Si. The smallest absolute Gasteiger partial charge is 0.278 e. The van der Waals surface area contributed by atoms with Crippen LogP contribution in [0.2, 0.25) is 18.1 Å². The number of aromatic amines is 1. The average molecular weight is 530 g/mol. The van der Waals surface area contributed by atoms with Crippen LogP contribution in [0, 0.1) is 5.82 Å². The van der Waals surface area contributed by atoms with Crippen molar-refractivity contribution in [2.24, 2.45) is 0 Å². The van der Waals surface area contributed by atoms with Crippen molar-refractivity contribution in [1.29, 1.82) is 0 Å². The van der Waals surface area contributed by atoms with Crippen molar-refractivity contribution in [1.82, 2.24) is 14.5 Å². The van der Waals surface area contributed by atoms with Gasteiger partial charge in [-0.25, -0.2) is 9.37 Å². The fourth-order valence-electron chi connectivity index (χ4n) is 4.16. The first-order valence-electron chi connectivity index (χ1n) is 12.7. The van der Waals surface area contributed by atoms with Crippen molar-refractivity contribution in [3.63, 3.8) is 0 Å². The highest BCUT2D eigenvalue weighted by Crippen LogP contribution is 2.39. The Kier molecular flexibility index (Phi) is 6.61. The first-order valence-corrected chi connectivity index (χ1v) is 15.6. The van der Waals surface area contributed by atoms with Gasteiger partial charge < -0.3 is 13.8 Å². The Morgan fingerprint density at radius 1 is 1.03 bits per heavy atom. The lowest BCUT2D eigenvalue weighted by Crippen LogP contribution is -2.44. The molecule has 38 heavy (non-hydrogen) atoms. The molecule has 0 atom stereocenters. The second-order valence-corrected chi connectivity index (χ2v) is 15.8. The molecule has 1 aromatic heterocycles. The summed E-state index contributed by atoms with van der Waals surface area (Å²) in [7, 11) is -2.27. The Hall–Kier alpha value is -3.91. The molecule has 196 valence electrons. The maximum atomic E-state index is 16.0. The van der Waals surface area contributed by atoms with Gasteiger partial charge >= 0.3 is 0 Å². The van der Waals surface area contributed by atoms with E-state index >= 15 is 4.39 Å². The Labute approximate surface area is 222 Å². The van der Waals surface area contributed by atoms with Crippen LogP contribution in [0.5, 0.6) is 5.75 Å². The first kappa shape index (κ1) is 25.7. The summed E-state index contributed by atoms with van der Waals surface area (Å²) in [5.74, 6) is 0.930. The second kappa shape index (κ2) is 9.76. The van der Waals surface area contributed by atoms with E-state index in [1.807, 2.05) is 36.4 Å². The molecule has 0 aliphatic carbocycles. The Morgan fingerprint density at radius 3 is 2.47 bits per heavy atom. The van der Waals surface area contributed by atoms with E-state index in [9.17, 15) is 4.79 Å². The van der Waals surface area contributed by atoms with Gasteiger partial charge in [0, 0.05) is 18.2 Å². The van der Waals surface area contributed by atoms with Crippen LogP contribution in [0.25, 0.3) is 17.1 Å². The van der Waals surface area contributed by atoms with Crippen LogP contribution in [0.15, 0.2) is 82.3 Å². The standard InChI is InChI=1S/C30H32FN3O3Si/c1-30(2,3)38(4,5)37-26-15-9-14-22(27(26)31)25-19-34-28(23(32-25)17-20-11-7-6-8-12-20)33-24(29(34)35)18-21-13-10-16-36-21/h6-16,19,32H,17-18H2,1-5H3. The quantitative estimate of drug-likeness (QED) is 0.231. The number of aromatic nitrogens is 3. The molecule has 6 nitrogen and oxygen atoms in total. The summed E-state index contributed by atoms with van der Waals surface area (Å²) in [4.78, 5) is 21.5. The number of fused-ring (bicyclic) bond motifs is 1. The van der Waals surface area contributed by atoms with E-state index in [0.717, 1.165) is 5.56 Å². The number of hydrogen-bond acceptors (Lipinski definition) is 4. The van der Waals surface area contributed by atoms with Crippen LogP contribution in [0.4, 0.5) is 4.39 Å². The topological polar surface area (TPSA) is 73.1 Å². The third-order valence-corrected chi connectivity index (χ3v) is 11.7. The highest BCUT2D eigenvalue weighted by atomic mass is 28.4. The minimum absolute atomic E-state index is 0.0814. The van der Waals surface area contributed by atoms with Crippen molar-refractivity contribution < 1.29 is 13.2 Å². The van der Waals surface area contributed by atoms with Gasteiger partial charge in [0.2, 0.25) is 0 Å². The molecule has 2 aliphatic heterocycles. The summed E-state index contributed by atoms with van der Waals surface area (Å²) in [5, 5.41) is -0.0814. The van der Waals surface area contributed by atoms with Gasteiger partial charge in [0.25, 0.3) is 13.9 Å². The van der Waals surface area contributed by atoms with Crippen LogP contribution in [0.1, 0.15) is 43.5 Å². The molecular weight excluding hydrogens is 497 g/mol. The highest BCUT2D eigenvalue weighted by Gasteiger charge is 2.39. The predicted octanol–water partition coefficient (Wildman–Crippen LogP) is 6.96. The summed E-state index contributed by atoms with van der Waals surface area (Å²) in [6, 6.07) is 18.6. The molecule has 0 unspecified atom stereocenters. The number of imidazole rings is 1. The number of benzene rings is 2. The average Bonchev–Trinajstić information content (AvgIpc) is 3.49. The van der Waals surface area contributed by atoms with Crippen LogP contribution in [-0.4, -0.2) is 22.9 Å². The summed E-state index contributed by atoms with van der Waals surface area (Å²) in [6.45, 7) is 10.5. The van der Waals surface area contributed by atoms with E-state index in [1.54, 1.807) is 36.7 Å². The van der Waals surface area contributed by atoms with Crippen LogP contribution >= 0.6 is 0 Å². The molecule has 1 N–H and O–H groups in total. The molecule has 0 saturated heterocycles. The molecule has 0 bridgehead atoms. The molecule has 0 radical (unpaired) electrons. The first-order chi connectivity index (χ1) is 18.0. The number of hydrogen-bond donors (Lipinski definition) is 1. The van der Waals surface area contributed by atoms with Gasteiger partial charge in [0.05, 0.1) is 24.1 Å². The molecule has 0 saturated carbocycles. The maximum Gasteiger partial charge on any atom is 0.278 e. The maximum absolute atomic E-state index is 16.0. The van der Waals surface area contributed by atoms with Crippen molar-refractivity contribution in [2.75, 3.05) is 0 Å². The van der Waals surface area contributed by atoms with Gasteiger partial charge in [0.15, 0.2) is 11.6 Å². The van der Waals surface area contributed by atoms with Crippen LogP contribution in [0.3, 0.4) is 0 Å². The van der Waals surface area contributed by atoms with E-state index in [4.69, 9.17) is 8.84 Å². The van der Waals surface area contributed by atoms with Crippen LogP contribution in [-0.2, 0) is 12.8 Å². The van der Waals surface area contributed by atoms with E-state index < -0.39 is 14.1 Å². The van der Waals surface area contributed by atoms with Gasteiger partial charge in [-0.2, -0.15) is 0 Å². The van der Waals surface area contributed by atoms with Crippen molar-refractivity contribution in [3.8, 4) is 22.8 Å². The molecule has 8 heteroatoms. The largest absolute Gasteiger partial charge is 0.542 e. The van der Waals surface area contributed by atoms with Crippen molar-refractivity contribution in [2.45, 2.75) is 51.7 Å². The fraction of sp³-hybridized carbons (Fsp3) is 0.267. The molecule has 0 amide bonds. The number of halogens is 1. The lowest BCUT2D eigenvalue weighted by molar-refractivity contribution is 0.458.